The number of hydrogen-bond donors (Lipinski definition) is 3. The lowest BCUT2D eigenvalue weighted by molar-refractivity contribution is -0.308. The van der Waals surface area contributed by atoms with Gasteiger partial charge >= 0.3 is 13.9 Å². The molecule has 6 nitrogen and oxygen atoms in total. The lowest BCUT2D eigenvalue weighted by atomic mass is 10.8. The Balaban J connectivity index is 3.54. The van der Waals surface area contributed by atoms with E-state index in [1.54, 1.807) is 0 Å². The summed E-state index contributed by atoms with van der Waals surface area (Å²) in [7, 11) is -2.68. The van der Waals surface area contributed by atoms with Crippen molar-refractivity contribution >= 4 is 8.03 Å². The average molecular weight is 157 g/mol. The van der Waals surface area contributed by atoms with Gasteiger partial charge in [-0.15, -0.1) is 0 Å². The van der Waals surface area contributed by atoms with Gasteiger partial charge in [0.05, 0.1) is 0 Å². The first-order chi connectivity index (χ1) is 4.22. The molecule has 0 rings (SSSR count). The molecule has 0 bridgehead atoms. The van der Waals surface area contributed by atoms with Crippen molar-refractivity contribution in [3.05, 3.63) is 0 Å². The molecule has 9 heavy (non-hydrogen) atoms. The molecule has 7 heteroatoms. The molecule has 0 heterocycles. The van der Waals surface area contributed by atoms with Gasteiger partial charge < -0.3 is 0 Å². The summed E-state index contributed by atoms with van der Waals surface area (Å²) in [5, 5.41) is 15.5. The predicted octanol–water partition coefficient (Wildman–Crippen LogP) is 0.0264. The minimum absolute atomic E-state index is 0.539. The first kappa shape index (κ1) is 8.90. The Morgan fingerprint density at radius 1 is 1.56 bits per heavy atom. The zero-order valence-corrected chi connectivity index (χ0v) is 5.19. The average Bonchev–Trinajstić information content (AvgIpc) is 1.82. The molecule has 0 aliphatic heterocycles. The monoisotopic (exact) mass is 157 g/mol. The maximum Gasteiger partial charge on any atom is 0.543 e. The van der Waals surface area contributed by atoms with Crippen LogP contribution in [0.2, 0.25) is 0 Å². The van der Waals surface area contributed by atoms with E-state index in [-0.39, 0.29) is 0 Å². The zero-order valence-electron chi connectivity index (χ0n) is 4.30. The zero-order chi connectivity index (χ0) is 7.28. The second-order valence-corrected chi connectivity index (χ2v) is 2.34. The topological polar surface area (TPSA) is 96.2 Å². The summed E-state index contributed by atoms with van der Waals surface area (Å²) in [4.78, 5) is 15.0. The third-order valence-corrected chi connectivity index (χ3v) is 1.32. The molecular formula is C2H6O6P+. The molecule has 3 N–H and O–H groups in total. The van der Waals surface area contributed by atoms with E-state index in [0.717, 1.165) is 0 Å². The van der Waals surface area contributed by atoms with Crippen molar-refractivity contribution in [1.82, 2.24) is 0 Å². The summed E-state index contributed by atoms with van der Waals surface area (Å²) < 4.78 is 9.99. The summed E-state index contributed by atoms with van der Waals surface area (Å²) in [5.41, 5.74) is 0. The molecule has 0 amide bonds. The molecule has 2 atom stereocenters. The van der Waals surface area contributed by atoms with Gasteiger partial charge in [-0.3, -0.25) is 5.26 Å². The first-order valence-corrected chi connectivity index (χ1v) is 3.22. The van der Waals surface area contributed by atoms with Crippen LogP contribution in [0.5, 0.6) is 0 Å². The van der Waals surface area contributed by atoms with Gasteiger partial charge in [-0.2, -0.15) is 9.78 Å². The van der Waals surface area contributed by atoms with Crippen LogP contribution in [-0.2, 0) is 14.3 Å². The van der Waals surface area contributed by atoms with Crippen LogP contribution >= 0.6 is 8.03 Å². The standard InChI is InChI=1S/C2H5O6P/c3-7-1-2(8-4)9(5)6/h2H,1H2,(H2-,3,4,5,6)/p+1. The molecule has 0 spiro atoms. The van der Waals surface area contributed by atoms with Crippen molar-refractivity contribution in [2.75, 3.05) is 6.61 Å². The SMILES string of the molecule is O=[P+](O)C(COO)OO. The van der Waals surface area contributed by atoms with E-state index in [4.69, 9.17) is 15.4 Å². The van der Waals surface area contributed by atoms with E-state index < -0.39 is 20.5 Å². The van der Waals surface area contributed by atoms with Gasteiger partial charge in [0.1, 0.15) is 0 Å². The highest BCUT2D eigenvalue weighted by Gasteiger charge is 2.30. The van der Waals surface area contributed by atoms with Gasteiger partial charge in [0.25, 0.3) is 0 Å². The Hall–Kier alpha value is -0.100. The summed E-state index contributed by atoms with van der Waals surface area (Å²) in [6, 6.07) is 0. The first-order valence-electron chi connectivity index (χ1n) is 1.94. The van der Waals surface area contributed by atoms with Gasteiger partial charge in [0.15, 0.2) is 6.61 Å². The fraction of sp³-hybridized carbons (Fsp3) is 1.00. The molecular weight excluding hydrogens is 151 g/mol. The summed E-state index contributed by atoms with van der Waals surface area (Å²) >= 11 is 0. The van der Waals surface area contributed by atoms with Crippen molar-refractivity contribution < 1.29 is 29.7 Å². The minimum Gasteiger partial charge on any atom is -0.252 e. The highest BCUT2D eigenvalue weighted by Crippen LogP contribution is 2.22. The van der Waals surface area contributed by atoms with Gasteiger partial charge in [-0.1, -0.05) is 0 Å². The van der Waals surface area contributed by atoms with Gasteiger partial charge in [-0.25, -0.2) is 10.1 Å². The maximum atomic E-state index is 9.99. The van der Waals surface area contributed by atoms with Crippen LogP contribution in [0.25, 0.3) is 0 Å². The number of rotatable bonds is 4. The van der Waals surface area contributed by atoms with E-state index in [0.29, 0.717) is 0 Å². The lowest BCUT2D eigenvalue weighted by Crippen LogP contribution is -2.12. The molecule has 0 aromatic heterocycles. The van der Waals surface area contributed by atoms with Crippen LogP contribution in [0.4, 0.5) is 0 Å². The predicted molar refractivity (Wildman–Crippen MR) is 25.9 cm³/mol. The van der Waals surface area contributed by atoms with Crippen molar-refractivity contribution in [1.29, 1.82) is 0 Å². The number of hydrogen-bond acceptors (Lipinski definition) is 5. The fourth-order valence-electron chi connectivity index (χ4n) is 0.198. The van der Waals surface area contributed by atoms with E-state index in [1.165, 1.54) is 0 Å². The third-order valence-electron chi connectivity index (χ3n) is 0.585. The lowest BCUT2D eigenvalue weighted by Gasteiger charge is -1.94. The Kier molecular flexibility index (Phi) is 4.70. The van der Waals surface area contributed by atoms with E-state index in [2.05, 4.69) is 9.78 Å². The van der Waals surface area contributed by atoms with Crippen molar-refractivity contribution in [3.63, 3.8) is 0 Å². The van der Waals surface area contributed by atoms with Gasteiger partial charge in [0, 0.05) is 0 Å². The summed E-state index contributed by atoms with van der Waals surface area (Å²) in [5.74, 6) is -1.38. The molecule has 0 aliphatic rings. The largest absolute Gasteiger partial charge is 0.543 e. The highest BCUT2D eigenvalue weighted by molar-refractivity contribution is 7.38. The van der Waals surface area contributed by atoms with Crippen molar-refractivity contribution in [2.45, 2.75) is 5.85 Å². The maximum absolute atomic E-state index is 9.99. The van der Waals surface area contributed by atoms with Gasteiger partial charge in [0.2, 0.25) is 0 Å². The summed E-state index contributed by atoms with van der Waals surface area (Å²) in [6.45, 7) is -0.539. The van der Waals surface area contributed by atoms with Crippen LogP contribution in [0.15, 0.2) is 0 Å². The molecule has 0 aromatic rings. The van der Waals surface area contributed by atoms with Crippen LogP contribution in [0.3, 0.4) is 0 Å². The van der Waals surface area contributed by atoms with E-state index in [9.17, 15) is 4.57 Å². The Labute approximate surface area is 51.4 Å². The molecule has 54 valence electrons. The quantitative estimate of drug-likeness (QED) is 0.302. The van der Waals surface area contributed by atoms with E-state index in [1.807, 2.05) is 0 Å². The molecule has 0 radical (unpaired) electrons. The normalized spacial score (nSPS) is 15.2. The Bertz CT molecular complexity index is 93.1. The second-order valence-electron chi connectivity index (χ2n) is 1.16. The fourth-order valence-corrected chi connectivity index (χ4v) is 0.473. The second kappa shape index (κ2) is 4.75. The van der Waals surface area contributed by atoms with Crippen LogP contribution in [0.1, 0.15) is 0 Å². The molecule has 0 aromatic carbocycles. The third kappa shape index (κ3) is 3.47. The van der Waals surface area contributed by atoms with Gasteiger partial charge in [-0.05, 0) is 4.57 Å². The highest BCUT2D eigenvalue weighted by atomic mass is 31.1. The van der Waals surface area contributed by atoms with Crippen LogP contribution in [0, 0.1) is 0 Å². The van der Waals surface area contributed by atoms with Crippen LogP contribution in [-0.4, -0.2) is 27.9 Å². The molecule has 2 unspecified atom stereocenters. The van der Waals surface area contributed by atoms with E-state index >= 15 is 0 Å². The van der Waals surface area contributed by atoms with Crippen molar-refractivity contribution in [3.8, 4) is 0 Å². The summed E-state index contributed by atoms with van der Waals surface area (Å²) in [6.07, 6.45) is 0. The van der Waals surface area contributed by atoms with Crippen molar-refractivity contribution in [2.24, 2.45) is 0 Å². The minimum atomic E-state index is -2.68. The Morgan fingerprint density at radius 2 is 2.11 bits per heavy atom. The molecule has 0 fully saturated rings. The molecule has 0 aliphatic carbocycles. The molecule has 0 saturated heterocycles. The smallest absolute Gasteiger partial charge is 0.252 e. The Morgan fingerprint density at radius 3 is 2.22 bits per heavy atom. The van der Waals surface area contributed by atoms with Crippen LogP contribution < -0.4 is 0 Å². The molecule has 0 saturated carbocycles.